The Kier molecular flexibility index (Phi) is 2.42. The molecule has 8 nitrogen and oxygen atoms in total. The molecule has 0 bridgehead atoms. The van der Waals surface area contributed by atoms with Gasteiger partial charge in [0.2, 0.25) is 14.9 Å². The van der Waals surface area contributed by atoms with Gasteiger partial charge in [0, 0.05) is 0 Å². The minimum atomic E-state index is -3.83. The highest BCUT2D eigenvalue weighted by Gasteiger charge is 2.25. The number of nitrogens with zero attached hydrogens (tertiary/aromatic N) is 5. The number of fused-ring (bicyclic) bond motifs is 1. The molecule has 0 unspecified atom stereocenters. The molecule has 19 heavy (non-hydrogen) atoms. The second-order valence-corrected chi connectivity index (χ2v) is 5.54. The van der Waals surface area contributed by atoms with Crippen LogP contribution in [0.1, 0.15) is 0 Å². The van der Waals surface area contributed by atoms with Crippen LogP contribution in [-0.2, 0) is 9.84 Å². The van der Waals surface area contributed by atoms with Gasteiger partial charge < -0.3 is 5.73 Å². The molecule has 9 heteroatoms. The van der Waals surface area contributed by atoms with Gasteiger partial charge in [-0.25, -0.2) is 8.42 Å². The Labute approximate surface area is 107 Å². The summed E-state index contributed by atoms with van der Waals surface area (Å²) < 4.78 is 25.9. The highest BCUT2D eigenvalue weighted by molar-refractivity contribution is 7.91. The van der Waals surface area contributed by atoms with Crippen LogP contribution in [0.15, 0.2) is 46.6 Å². The van der Waals surface area contributed by atoms with E-state index in [1.165, 1.54) is 18.5 Å². The predicted octanol–water partition coefficient (Wildman–Crippen LogP) is -0.0657. The normalized spacial score (nSPS) is 11.8. The molecule has 2 N–H and O–H groups in total. The Balaban J connectivity index is 2.27. The van der Waals surface area contributed by atoms with E-state index in [9.17, 15) is 8.42 Å². The molecule has 0 amide bonds. The maximum atomic E-state index is 12.4. The SMILES string of the molecule is Nc1c(S(=O)(=O)c2ccccc2)nnc2ncnn12. The van der Waals surface area contributed by atoms with Gasteiger partial charge in [0.15, 0.2) is 5.82 Å². The Hall–Kier alpha value is -2.55. The van der Waals surface area contributed by atoms with Crippen molar-refractivity contribution < 1.29 is 8.42 Å². The van der Waals surface area contributed by atoms with Crippen molar-refractivity contribution in [3.8, 4) is 0 Å². The molecule has 0 aliphatic heterocycles. The maximum absolute atomic E-state index is 12.4. The van der Waals surface area contributed by atoms with E-state index in [4.69, 9.17) is 5.73 Å². The summed E-state index contributed by atoms with van der Waals surface area (Å²) in [6, 6.07) is 7.87. The van der Waals surface area contributed by atoms with Gasteiger partial charge in [-0.1, -0.05) is 18.2 Å². The third-order valence-electron chi connectivity index (χ3n) is 2.52. The van der Waals surface area contributed by atoms with Crippen molar-refractivity contribution in [1.82, 2.24) is 24.8 Å². The molecule has 0 atom stereocenters. The van der Waals surface area contributed by atoms with Gasteiger partial charge in [-0.05, 0) is 12.1 Å². The molecule has 3 rings (SSSR count). The molecule has 3 aromatic rings. The van der Waals surface area contributed by atoms with E-state index >= 15 is 0 Å². The lowest BCUT2D eigenvalue weighted by Crippen LogP contribution is -2.13. The Morgan fingerprint density at radius 3 is 2.58 bits per heavy atom. The summed E-state index contributed by atoms with van der Waals surface area (Å²) in [6.07, 6.45) is 1.22. The summed E-state index contributed by atoms with van der Waals surface area (Å²) in [5.74, 6) is 0.0239. The second-order valence-electron chi connectivity index (χ2n) is 3.68. The minimum absolute atomic E-state index is 0.0930. The molecule has 2 aromatic heterocycles. The fourth-order valence-electron chi connectivity index (χ4n) is 1.61. The van der Waals surface area contributed by atoms with E-state index in [1.54, 1.807) is 18.2 Å². The zero-order valence-electron chi connectivity index (χ0n) is 9.50. The number of sulfone groups is 1. The van der Waals surface area contributed by atoms with E-state index in [0.29, 0.717) is 0 Å². The molecule has 0 saturated heterocycles. The smallest absolute Gasteiger partial charge is 0.273 e. The van der Waals surface area contributed by atoms with Crippen molar-refractivity contribution >= 4 is 21.4 Å². The number of nitrogen functional groups attached to an aromatic ring is 1. The molecule has 0 saturated carbocycles. The van der Waals surface area contributed by atoms with E-state index in [-0.39, 0.29) is 21.5 Å². The van der Waals surface area contributed by atoms with Crippen LogP contribution in [0.3, 0.4) is 0 Å². The van der Waals surface area contributed by atoms with Crippen LogP contribution < -0.4 is 5.73 Å². The van der Waals surface area contributed by atoms with Crippen LogP contribution in [0, 0.1) is 0 Å². The Morgan fingerprint density at radius 2 is 1.84 bits per heavy atom. The van der Waals surface area contributed by atoms with Crippen molar-refractivity contribution in [3.05, 3.63) is 36.7 Å². The lowest BCUT2D eigenvalue weighted by molar-refractivity contribution is 0.589. The van der Waals surface area contributed by atoms with E-state index in [1.807, 2.05) is 0 Å². The maximum Gasteiger partial charge on any atom is 0.273 e. The van der Waals surface area contributed by atoms with Crippen molar-refractivity contribution in [2.45, 2.75) is 9.92 Å². The molecule has 96 valence electrons. The molecule has 0 radical (unpaired) electrons. The quantitative estimate of drug-likeness (QED) is 0.696. The van der Waals surface area contributed by atoms with E-state index in [0.717, 1.165) is 4.52 Å². The Bertz CT molecular complexity index is 843. The van der Waals surface area contributed by atoms with Crippen molar-refractivity contribution in [1.29, 1.82) is 0 Å². The van der Waals surface area contributed by atoms with Gasteiger partial charge in [0.05, 0.1) is 4.90 Å². The number of rotatable bonds is 2. The summed E-state index contributed by atoms with van der Waals surface area (Å²) >= 11 is 0. The number of hydrogen-bond acceptors (Lipinski definition) is 7. The average molecular weight is 276 g/mol. The van der Waals surface area contributed by atoms with Gasteiger partial charge in [0.1, 0.15) is 6.33 Å². The molecule has 2 heterocycles. The van der Waals surface area contributed by atoms with Gasteiger partial charge in [-0.3, -0.25) is 0 Å². The van der Waals surface area contributed by atoms with Crippen molar-refractivity contribution in [2.24, 2.45) is 0 Å². The molecular weight excluding hydrogens is 268 g/mol. The van der Waals surface area contributed by atoms with Crippen molar-refractivity contribution in [2.75, 3.05) is 5.73 Å². The minimum Gasteiger partial charge on any atom is -0.381 e. The van der Waals surface area contributed by atoms with E-state index < -0.39 is 9.84 Å². The van der Waals surface area contributed by atoms with Gasteiger partial charge >= 0.3 is 0 Å². The molecule has 0 aliphatic carbocycles. The molecule has 0 aliphatic rings. The molecule has 0 spiro atoms. The lowest BCUT2D eigenvalue weighted by Gasteiger charge is -2.06. The summed E-state index contributed by atoms with van der Waals surface area (Å²) in [5.41, 5.74) is 5.77. The molecule has 0 fully saturated rings. The number of anilines is 1. The third-order valence-corrected chi connectivity index (χ3v) is 4.21. The van der Waals surface area contributed by atoms with Crippen LogP contribution in [0.4, 0.5) is 5.82 Å². The first-order valence-corrected chi connectivity index (χ1v) is 6.71. The van der Waals surface area contributed by atoms with Crippen LogP contribution in [-0.4, -0.2) is 33.2 Å². The molecular formula is C10H8N6O2S. The fraction of sp³-hybridized carbons (Fsp3) is 0. The number of aromatic nitrogens is 5. The zero-order valence-corrected chi connectivity index (χ0v) is 10.3. The first-order chi connectivity index (χ1) is 9.10. The standard InChI is InChI=1S/C10H8N6O2S/c11-8-9(14-15-10-12-6-13-16(8)10)19(17,18)7-4-2-1-3-5-7/h1-6H,11H2. The molecule has 1 aromatic carbocycles. The third kappa shape index (κ3) is 1.71. The van der Waals surface area contributed by atoms with Gasteiger partial charge in [0.25, 0.3) is 5.78 Å². The second kappa shape index (κ2) is 3.99. The Morgan fingerprint density at radius 1 is 1.11 bits per heavy atom. The average Bonchev–Trinajstić information content (AvgIpc) is 2.89. The number of benzene rings is 1. The largest absolute Gasteiger partial charge is 0.381 e. The van der Waals surface area contributed by atoms with Crippen LogP contribution in [0.25, 0.3) is 5.78 Å². The van der Waals surface area contributed by atoms with Crippen LogP contribution in [0.2, 0.25) is 0 Å². The fourth-order valence-corrected chi connectivity index (χ4v) is 2.86. The highest BCUT2D eigenvalue weighted by atomic mass is 32.2. The number of hydrogen-bond donors (Lipinski definition) is 1. The lowest BCUT2D eigenvalue weighted by atomic mass is 10.4. The summed E-state index contributed by atoms with van der Waals surface area (Å²) in [6.45, 7) is 0. The topological polar surface area (TPSA) is 116 Å². The first kappa shape index (κ1) is 11.5. The summed E-state index contributed by atoms with van der Waals surface area (Å²) in [7, 11) is -3.83. The zero-order chi connectivity index (χ0) is 13.5. The predicted molar refractivity (Wildman–Crippen MR) is 64.9 cm³/mol. The van der Waals surface area contributed by atoms with Crippen molar-refractivity contribution in [3.63, 3.8) is 0 Å². The van der Waals surface area contributed by atoms with Crippen LogP contribution >= 0.6 is 0 Å². The van der Waals surface area contributed by atoms with Crippen LogP contribution in [0.5, 0.6) is 0 Å². The van der Waals surface area contributed by atoms with Gasteiger partial charge in [-0.15, -0.1) is 10.2 Å². The highest BCUT2D eigenvalue weighted by Crippen LogP contribution is 2.22. The van der Waals surface area contributed by atoms with Gasteiger partial charge in [-0.2, -0.15) is 14.6 Å². The number of nitrogens with two attached hydrogens (primary N) is 1. The van der Waals surface area contributed by atoms with E-state index in [2.05, 4.69) is 20.3 Å². The monoisotopic (exact) mass is 276 g/mol. The summed E-state index contributed by atoms with van der Waals surface area (Å²) in [4.78, 5) is 3.87. The first-order valence-electron chi connectivity index (χ1n) is 5.23. The summed E-state index contributed by atoms with van der Waals surface area (Å²) in [5, 5.41) is 10.8.